The number of rotatable bonds is 5. The number of nitrogen functional groups attached to an aromatic ring is 1. The maximum atomic E-state index is 5.62. The van der Waals surface area contributed by atoms with Crippen LogP contribution in [-0.4, -0.2) is 36.5 Å². The van der Waals surface area contributed by atoms with Crippen molar-refractivity contribution in [2.75, 3.05) is 17.6 Å². The number of aromatic nitrogens is 6. The van der Waals surface area contributed by atoms with Gasteiger partial charge in [0.2, 0.25) is 5.13 Å². The van der Waals surface area contributed by atoms with Crippen LogP contribution in [-0.2, 0) is 13.5 Å². The van der Waals surface area contributed by atoms with Gasteiger partial charge in [-0.3, -0.25) is 4.68 Å². The van der Waals surface area contributed by atoms with Gasteiger partial charge in [-0.05, 0) is 12.8 Å². The summed E-state index contributed by atoms with van der Waals surface area (Å²) in [5.74, 6) is 2.26. The highest BCUT2D eigenvalue weighted by Crippen LogP contribution is 2.34. The molecule has 24 heavy (non-hydrogen) atoms. The summed E-state index contributed by atoms with van der Waals surface area (Å²) in [5, 5.41) is 18.0. The lowest BCUT2D eigenvalue weighted by Crippen LogP contribution is -2.10. The zero-order valence-electron chi connectivity index (χ0n) is 13.6. The largest absolute Gasteiger partial charge is 0.374 e. The molecule has 0 aromatic carbocycles. The second kappa shape index (κ2) is 6.31. The molecular weight excluding hydrogens is 324 g/mol. The first-order valence-corrected chi connectivity index (χ1v) is 9.04. The van der Waals surface area contributed by atoms with Gasteiger partial charge in [0, 0.05) is 25.9 Å². The summed E-state index contributed by atoms with van der Waals surface area (Å²) in [6.07, 6.45) is 7.45. The third-order valence-corrected chi connectivity index (χ3v) is 5.26. The molecule has 1 fully saturated rings. The Morgan fingerprint density at radius 2 is 2.12 bits per heavy atom. The molecule has 126 valence electrons. The van der Waals surface area contributed by atoms with Gasteiger partial charge in [0.05, 0.1) is 11.6 Å². The molecule has 4 rings (SSSR count). The van der Waals surface area contributed by atoms with Crippen molar-refractivity contribution in [3.05, 3.63) is 17.0 Å². The summed E-state index contributed by atoms with van der Waals surface area (Å²) >= 11 is 1.42. The van der Waals surface area contributed by atoms with Crippen LogP contribution in [0.25, 0.3) is 11.0 Å². The molecule has 0 spiro atoms. The summed E-state index contributed by atoms with van der Waals surface area (Å²) < 4.78 is 1.81. The number of hydrogen-bond acceptors (Lipinski definition) is 8. The second-order valence-corrected chi connectivity index (χ2v) is 7.22. The van der Waals surface area contributed by atoms with Crippen LogP contribution in [0.5, 0.6) is 0 Å². The fourth-order valence-corrected chi connectivity index (χ4v) is 3.80. The minimum absolute atomic E-state index is 0.466. The van der Waals surface area contributed by atoms with Gasteiger partial charge in [0.1, 0.15) is 16.6 Å². The summed E-state index contributed by atoms with van der Waals surface area (Å²) in [5.41, 5.74) is 6.50. The summed E-state index contributed by atoms with van der Waals surface area (Å²) in [6, 6.07) is 0. The molecule has 0 aliphatic heterocycles. The van der Waals surface area contributed by atoms with E-state index in [-0.39, 0.29) is 0 Å². The molecule has 3 aromatic rings. The van der Waals surface area contributed by atoms with Crippen molar-refractivity contribution in [2.45, 2.75) is 38.0 Å². The Kier molecular flexibility index (Phi) is 4.01. The van der Waals surface area contributed by atoms with E-state index in [1.165, 1.54) is 37.0 Å². The lowest BCUT2D eigenvalue weighted by molar-refractivity contribution is 0.667. The van der Waals surface area contributed by atoms with Crippen LogP contribution in [0.3, 0.4) is 0 Å². The maximum absolute atomic E-state index is 5.62. The number of nitrogens with one attached hydrogen (secondary N) is 1. The number of nitrogens with zero attached hydrogens (tertiary/aromatic N) is 6. The second-order valence-electron chi connectivity index (χ2n) is 6.13. The summed E-state index contributed by atoms with van der Waals surface area (Å²) in [7, 11) is 1.92. The van der Waals surface area contributed by atoms with Crippen molar-refractivity contribution in [3.8, 4) is 0 Å². The monoisotopic (exact) mass is 344 g/mol. The van der Waals surface area contributed by atoms with Gasteiger partial charge in [-0.15, -0.1) is 10.2 Å². The highest BCUT2D eigenvalue weighted by atomic mass is 32.1. The quantitative estimate of drug-likeness (QED) is 0.730. The minimum Gasteiger partial charge on any atom is -0.374 e. The lowest BCUT2D eigenvalue weighted by Gasteiger charge is -2.12. The molecule has 0 saturated heterocycles. The molecule has 0 amide bonds. The summed E-state index contributed by atoms with van der Waals surface area (Å²) in [4.78, 5) is 9.56. The van der Waals surface area contributed by atoms with Crippen molar-refractivity contribution in [1.29, 1.82) is 0 Å². The highest BCUT2D eigenvalue weighted by Gasteiger charge is 2.22. The molecule has 1 aliphatic rings. The van der Waals surface area contributed by atoms with Gasteiger partial charge in [-0.1, -0.05) is 24.2 Å². The standard InChI is InChI=1S/C15H20N8S/c1-23-14-10(8-18-23)13(17-7-6-11-21-22-15(16)24-11)19-12(20-14)9-4-2-3-5-9/h8-9H,2-7H2,1H3,(H2,16,22)(H,17,19,20). The Morgan fingerprint density at radius 3 is 2.88 bits per heavy atom. The van der Waals surface area contributed by atoms with Crippen LogP contribution in [0.15, 0.2) is 6.20 Å². The topological polar surface area (TPSA) is 107 Å². The van der Waals surface area contributed by atoms with E-state index >= 15 is 0 Å². The van der Waals surface area contributed by atoms with Crippen molar-refractivity contribution in [1.82, 2.24) is 29.9 Å². The number of anilines is 2. The first kappa shape index (κ1) is 15.3. The maximum Gasteiger partial charge on any atom is 0.203 e. The van der Waals surface area contributed by atoms with Crippen molar-refractivity contribution >= 4 is 33.3 Å². The van der Waals surface area contributed by atoms with E-state index in [4.69, 9.17) is 15.7 Å². The Hall–Kier alpha value is -2.29. The number of fused-ring (bicyclic) bond motifs is 1. The van der Waals surface area contributed by atoms with Crippen LogP contribution >= 0.6 is 11.3 Å². The molecule has 3 heterocycles. The molecule has 8 nitrogen and oxygen atoms in total. The average molecular weight is 344 g/mol. The predicted molar refractivity (Wildman–Crippen MR) is 94.0 cm³/mol. The Morgan fingerprint density at radius 1 is 1.29 bits per heavy atom. The van der Waals surface area contributed by atoms with Crippen LogP contribution < -0.4 is 11.1 Å². The highest BCUT2D eigenvalue weighted by molar-refractivity contribution is 7.15. The third-order valence-electron chi connectivity index (χ3n) is 4.44. The smallest absolute Gasteiger partial charge is 0.203 e. The van der Waals surface area contributed by atoms with Crippen LogP contribution in [0.2, 0.25) is 0 Å². The zero-order valence-corrected chi connectivity index (χ0v) is 14.4. The van der Waals surface area contributed by atoms with E-state index in [1.807, 2.05) is 17.9 Å². The van der Waals surface area contributed by atoms with E-state index < -0.39 is 0 Å². The lowest BCUT2D eigenvalue weighted by atomic mass is 10.1. The Balaban J connectivity index is 1.58. The molecule has 3 N–H and O–H groups in total. The van der Waals surface area contributed by atoms with Gasteiger partial charge in [0.25, 0.3) is 0 Å². The first-order chi connectivity index (χ1) is 11.7. The van der Waals surface area contributed by atoms with Gasteiger partial charge < -0.3 is 11.1 Å². The fraction of sp³-hybridized carbons (Fsp3) is 0.533. The van der Waals surface area contributed by atoms with Crippen molar-refractivity contribution in [2.24, 2.45) is 7.05 Å². The molecule has 0 bridgehead atoms. The van der Waals surface area contributed by atoms with Gasteiger partial charge in [0.15, 0.2) is 5.65 Å². The third kappa shape index (κ3) is 2.91. The van der Waals surface area contributed by atoms with Crippen LogP contribution in [0.1, 0.15) is 42.4 Å². The summed E-state index contributed by atoms with van der Waals surface area (Å²) in [6.45, 7) is 0.722. The fourth-order valence-electron chi connectivity index (χ4n) is 3.20. The van der Waals surface area contributed by atoms with Crippen LogP contribution in [0.4, 0.5) is 10.9 Å². The number of hydrogen-bond donors (Lipinski definition) is 2. The van der Waals surface area contributed by atoms with E-state index in [9.17, 15) is 0 Å². The normalized spacial score (nSPS) is 15.4. The minimum atomic E-state index is 0.466. The van der Waals surface area contributed by atoms with Crippen molar-refractivity contribution in [3.63, 3.8) is 0 Å². The van der Waals surface area contributed by atoms with E-state index in [1.54, 1.807) is 0 Å². The molecule has 3 aromatic heterocycles. The molecule has 1 aliphatic carbocycles. The molecule has 9 heteroatoms. The molecule has 1 saturated carbocycles. The Bertz CT molecular complexity index is 848. The zero-order chi connectivity index (χ0) is 16.5. The van der Waals surface area contributed by atoms with Gasteiger partial charge in [-0.25, -0.2) is 9.97 Å². The van der Waals surface area contributed by atoms with E-state index in [0.29, 0.717) is 11.0 Å². The molecular formula is C15H20N8S. The van der Waals surface area contributed by atoms with Gasteiger partial charge >= 0.3 is 0 Å². The number of nitrogens with two attached hydrogens (primary N) is 1. The first-order valence-electron chi connectivity index (χ1n) is 8.22. The average Bonchev–Trinajstić information content (AvgIpc) is 3.30. The molecule has 0 unspecified atom stereocenters. The Labute approximate surface area is 143 Å². The predicted octanol–water partition coefficient (Wildman–Crippen LogP) is 2.11. The van der Waals surface area contributed by atoms with Gasteiger partial charge in [-0.2, -0.15) is 5.10 Å². The molecule has 0 atom stereocenters. The van der Waals surface area contributed by atoms with E-state index in [0.717, 1.165) is 40.6 Å². The molecule has 0 radical (unpaired) electrons. The van der Waals surface area contributed by atoms with E-state index in [2.05, 4.69) is 20.6 Å². The number of aryl methyl sites for hydroxylation is 1. The van der Waals surface area contributed by atoms with Crippen molar-refractivity contribution < 1.29 is 0 Å². The SMILES string of the molecule is Cn1ncc2c(NCCc3nnc(N)s3)nc(C3CCCC3)nc21. The van der Waals surface area contributed by atoms with Crippen LogP contribution in [0, 0.1) is 0 Å².